The molecule has 0 bridgehead atoms. The van der Waals surface area contributed by atoms with Crippen molar-refractivity contribution in [1.82, 2.24) is 4.90 Å². The van der Waals surface area contributed by atoms with Gasteiger partial charge in [0, 0.05) is 19.6 Å². The van der Waals surface area contributed by atoms with Crippen molar-refractivity contribution in [2.45, 2.75) is 32.3 Å². The number of nitrogens with zero attached hydrogens (tertiary/aromatic N) is 1. The Bertz CT molecular complexity index is 542. The van der Waals surface area contributed by atoms with Gasteiger partial charge in [0.2, 0.25) is 5.91 Å². The standard InChI is InChI=1S/C14H17F3N2O3/c1-8-5-19(7-12(21-8)13(18)20)6-9-2-3-11(10(15)4-9)22-14(16)17/h2-4,8,12,14H,5-7H2,1H3,(H2,18,20)/t8-,12?/m1/s1. The third-order valence-corrected chi connectivity index (χ3v) is 3.27. The Hall–Kier alpha value is -1.80. The predicted molar refractivity (Wildman–Crippen MR) is 71.8 cm³/mol. The average Bonchev–Trinajstić information content (AvgIpc) is 2.40. The number of nitrogens with two attached hydrogens (primary N) is 1. The fourth-order valence-corrected chi connectivity index (χ4v) is 2.42. The van der Waals surface area contributed by atoms with Crippen LogP contribution in [-0.4, -0.2) is 42.7 Å². The second-order valence-corrected chi connectivity index (χ2v) is 5.18. The summed E-state index contributed by atoms with van der Waals surface area (Å²) in [5, 5.41) is 0. The van der Waals surface area contributed by atoms with Gasteiger partial charge >= 0.3 is 6.61 Å². The van der Waals surface area contributed by atoms with E-state index in [1.165, 1.54) is 6.07 Å². The predicted octanol–water partition coefficient (Wildman–Crippen LogP) is 1.50. The normalized spacial score (nSPS) is 22.8. The van der Waals surface area contributed by atoms with Crippen molar-refractivity contribution in [1.29, 1.82) is 0 Å². The van der Waals surface area contributed by atoms with Crippen molar-refractivity contribution in [3.05, 3.63) is 29.6 Å². The summed E-state index contributed by atoms with van der Waals surface area (Å²) in [6.45, 7) is -0.0557. The molecule has 0 spiro atoms. The van der Waals surface area contributed by atoms with Crippen LogP contribution in [0.25, 0.3) is 0 Å². The number of ether oxygens (including phenoxy) is 2. The van der Waals surface area contributed by atoms with Crippen LogP contribution < -0.4 is 10.5 Å². The quantitative estimate of drug-likeness (QED) is 0.893. The molecule has 0 radical (unpaired) electrons. The van der Waals surface area contributed by atoms with E-state index in [-0.39, 0.29) is 6.10 Å². The molecular weight excluding hydrogens is 301 g/mol. The summed E-state index contributed by atoms with van der Waals surface area (Å²) in [5.41, 5.74) is 5.82. The van der Waals surface area contributed by atoms with E-state index in [0.717, 1.165) is 12.1 Å². The molecular formula is C14H17F3N2O3. The van der Waals surface area contributed by atoms with Crippen molar-refractivity contribution < 1.29 is 27.4 Å². The number of carbonyl (C=O) groups excluding carboxylic acids is 1. The highest BCUT2D eigenvalue weighted by atomic mass is 19.3. The molecule has 122 valence electrons. The highest BCUT2D eigenvalue weighted by molar-refractivity contribution is 5.79. The molecule has 0 aromatic heterocycles. The number of benzene rings is 1. The smallest absolute Gasteiger partial charge is 0.387 e. The van der Waals surface area contributed by atoms with E-state index >= 15 is 0 Å². The van der Waals surface area contributed by atoms with E-state index in [9.17, 15) is 18.0 Å². The third-order valence-electron chi connectivity index (χ3n) is 3.27. The van der Waals surface area contributed by atoms with Crippen LogP contribution in [0.15, 0.2) is 18.2 Å². The first-order chi connectivity index (χ1) is 10.3. The molecule has 8 heteroatoms. The van der Waals surface area contributed by atoms with E-state index in [1.54, 1.807) is 0 Å². The number of rotatable bonds is 5. The van der Waals surface area contributed by atoms with Gasteiger partial charge in [0.25, 0.3) is 0 Å². The van der Waals surface area contributed by atoms with E-state index in [2.05, 4.69) is 4.74 Å². The Morgan fingerprint density at radius 3 is 2.82 bits per heavy atom. The van der Waals surface area contributed by atoms with Crippen LogP contribution in [0.4, 0.5) is 13.2 Å². The van der Waals surface area contributed by atoms with E-state index in [4.69, 9.17) is 10.5 Å². The van der Waals surface area contributed by atoms with Crippen molar-refractivity contribution in [3.8, 4) is 5.75 Å². The molecule has 5 nitrogen and oxygen atoms in total. The molecule has 2 atom stereocenters. The first-order valence-electron chi connectivity index (χ1n) is 6.75. The number of carbonyl (C=O) groups is 1. The lowest BCUT2D eigenvalue weighted by Gasteiger charge is -2.35. The summed E-state index contributed by atoms with van der Waals surface area (Å²) in [7, 11) is 0. The van der Waals surface area contributed by atoms with Crippen LogP contribution in [0.2, 0.25) is 0 Å². The average molecular weight is 318 g/mol. The Balaban J connectivity index is 2.03. The lowest BCUT2D eigenvalue weighted by atomic mass is 10.1. The van der Waals surface area contributed by atoms with Gasteiger partial charge in [0.1, 0.15) is 6.10 Å². The van der Waals surface area contributed by atoms with Crippen molar-refractivity contribution in [2.24, 2.45) is 5.73 Å². The number of hydrogen-bond donors (Lipinski definition) is 1. The van der Waals surface area contributed by atoms with Crippen molar-refractivity contribution >= 4 is 5.91 Å². The number of primary amides is 1. The minimum Gasteiger partial charge on any atom is -0.432 e. The Labute approximate surface area is 125 Å². The molecule has 1 aliphatic rings. The zero-order chi connectivity index (χ0) is 16.3. The zero-order valence-corrected chi connectivity index (χ0v) is 12.0. The summed E-state index contributed by atoms with van der Waals surface area (Å²) >= 11 is 0. The Morgan fingerprint density at radius 2 is 2.23 bits per heavy atom. The Morgan fingerprint density at radius 1 is 1.50 bits per heavy atom. The zero-order valence-electron chi connectivity index (χ0n) is 12.0. The molecule has 1 heterocycles. The maximum atomic E-state index is 13.7. The van der Waals surface area contributed by atoms with Gasteiger partial charge < -0.3 is 15.2 Å². The summed E-state index contributed by atoms with van der Waals surface area (Å²) in [5.74, 6) is -1.90. The molecule has 1 aliphatic heterocycles. The van der Waals surface area contributed by atoms with Crippen LogP contribution >= 0.6 is 0 Å². The molecule has 1 fully saturated rings. The van der Waals surface area contributed by atoms with Gasteiger partial charge in [-0.1, -0.05) is 6.07 Å². The van der Waals surface area contributed by atoms with E-state index in [0.29, 0.717) is 25.2 Å². The maximum absolute atomic E-state index is 13.7. The summed E-state index contributed by atoms with van der Waals surface area (Å²) in [4.78, 5) is 13.1. The fraction of sp³-hybridized carbons (Fsp3) is 0.500. The second kappa shape index (κ2) is 6.97. The molecule has 22 heavy (non-hydrogen) atoms. The molecule has 1 amide bonds. The minimum absolute atomic E-state index is 0.183. The summed E-state index contributed by atoms with van der Waals surface area (Å²) in [6, 6.07) is 3.80. The van der Waals surface area contributed by atoms with Gasteiger partial charge in [-0.2, -0.15) is 8.78 Å². The highest BCUT2D eigenvalue weighted by Crippen LogP contribution is 2.22. The fourth-order valence-electron chi connectivity index (χ4n) is 2.42. The topological polar surface area (TPSA) is 64.8 Å². The molecule has 0 saturated carbocycles. The van der Waals surface area contributed by atoms with Crippen LogP contribution in [-0.2, 0) is 16.1 Å². The first-order valence-corrected chi connectivity index (χ1v) is 6.75. The monoisotopic (exact) mass is 318 g/mol. The molecule has 1 unspecified atom stereocenters. The second-order valence-electron chi connectivity index (χ2n) is 5.18. The maximum Gasteiger partial charge on any atom is 0.387 e. The SMILES string of the molecule is C[C@@H]1CN(Cc2ccc(OC(F)F)c(F)c2)CC(C(N)=O)O1. The van der Waals surface area contributed by atoms with Gasteiger partial charge in [-0.15, -0.1) is 0 Å². The van der Waals surface area contributed by atoms with Crippen LogP contribution in [0.5, 0.6) is 5.75 Å². The van der Waals surface area contributed by atoms with Crippen LogP contribution in [0, 0.1) is 5.82 Å². The van der Waals surface area contributed by atoms with Crippen LogP contribution in [0.1, 0.15) is 12.5 Å². The Kier molecular flexibility index (Phi) is 5.25. The van der Waals surface area contributed by atoms with Gasteiger partial charge in [0.15, 0.2) is 11.6 Å². The number of amides is 1. The number of halogens is 3. The molecule has 2 rings (SSSR count). The van der Waals surface area contributed by atoms with Gasteiger partial charge in [-0.3, -0.25) is 9.69 Å². The first kappa shape index (κ1) is 16.6. The van der Waals surface area contributed by atoms with Gasteiger partial charge in [0.05, 0.1) is 6.10 Å². The number of hydrogen-bond acceptors (Lipinski definition) is 4. The van der Waals surface area contributed by atoms with Crippen molar-refractivity contribution in [3.63, 3.8) is 0 Å². The molecule has 2 N–H and O–H groups in total. The minimum atomic E-state index is -3.07. The molecule has 1 aromatic carbocycles. The van der Waals surface area contributed by atoms with E-state index < -0.39 is 30.2 Å². The van der Waals surface area contributed by atoms with Crippen LogP contribution in [0.3, 0.4) is 0 Å². The van der Waals surface area contributed by atoms with Gasteiger partial charge in [-0.05, 0) is 24.6 Å². The van der Waals surface area contributed by atoms with Gasteiger partial charge in [-0.25, -0.2) is 4.39 Å². The molecule has 0 aliphatic carbocycles. The lowest BCUT2D eigenvalue weighted by Crippen LogP contribution is -2.51. The lowest BCUT2D eigenvalue weighted by molar-refractivity contribution is -0.142. The summed E-state index contributed by atoms with van der Waals surface area (Å²) in [6.07, 6.45) is -0.896. The third kappa shape index (κ3) is 4.35. The number of alkyl halides is 2. The number of morpholine rings is 1. The summed E-state index contributed by atoms with van der Waals surface area (Å²) < 4.78 is 47.3. The molecule has 1 aromatic rings. The molecule has 1 saturated heterocycles. The largest absolute Gasteiger partial charge is 0.432 e. The van der Waals surface area contributed by atoms with Crippen molar-refractivity contribution in [2.75, 3.05) is 13.1 Å². The highest BCUT2D eigenvalue weighted by Gasteiger charge is 2.28. The van der Waals surface area contributed by atoms with E-state index in [1.807, 2.05) is 11.8 Å².